The second-order valence-electron chi connectivity index (χ2n) is 4.45. The van der Waals surface area contributed by atoms with Gasteiger partial charge in [-0.05, 0) is 59.3 Å². The molecule has 1 aromatic carbocycles. The first-order valence-corrected chi connectivity index (χ1v) is 7.33. The van der Waals surface area contributed by atoms with Crippen molar-refractivity contribution in [3.63, 3.8) is 0 Å². The van der Waals surface area contributed by atoms with E-state index in [1.165, 1.54) is 0 Å². The summed E-state index contributed by atoms with van der Waals surface area (Å²) in [5.74, 6) is 0.811. The van der Waals surface area contributed by atoms with Gasteiger partial charge in [-0.15, -0.1) is 0 Å². The van der Waals surface area contributed by atoms with Crippen molar-refractivity contribution in [3.8, 4) is 23.1 Å². The van der Waals surface area contributed by atoms with Gasteiger partial charge in [0.2, 0.25) is 0 Å². The van der Waals surface area contributed by atoms with Crippen molar-refractivity contribution in [1.29, 1.82) is 5.26 Å². The fraction of sp³-hybridized carbons (Fsp3) is 0.125. The third-order valence-electron chi connectivity index (χ3n) is 3.13. The molecule has 2 aromatic heterocycles. The molecular formula is C16H12BrN3O. The number of benzene rings is 1. The van der Waals surface area contributed by atoms with E-state index < -0.39 is 0 Å². The monoisotopic (exact) mass is 341 g/mol. The molecular weight excluding hydrogens is 330 g/mol. The molecule has 104 valence electrons. The molecule has 0 radical (unpaired) electrons. The van der Waals surface area contributed by atoms with E-state index in [1.807, 2.05) is 49.5 Å². The maximum Gasteiger partial charge on any atom is 0.152 e. The molecule has 0 spiro atoms. The van der Waals surface area contributed by atoms with E-state index in [0.29, 0.717) is 18.0 Å². The Hall–Kier alpha value is -2.32. The Morgan fingerprint density at radius 2 is 2.00 bits per heavy atom. The zero-order chi connectivity index (χ0) is 14.8. The van der Waals surface area contributed by atoms with E-state index in [9.17, 15) is 5.26 Å². The van der Waals surface area contributed by atoms with Crippen molar-refractivity contribution >= 4 is 21.6 Å². The average molecular weight is 342 g/mol. The van der Waals surface area contributed by atoms with Gasteiger partial charge in [-0.2, -0.15) is 5.26 Å². The molecule has 0 amide bonds. The highest BCUT2D eigenvalue weighted by molar-refractivity contribution is 9.10. The molecule has 0 atom stereocenters. The van der Waals surface area contributed by atoms with Crippen LogP contribution in [0.5, 0.6) is 5.75 Å². The summed E-state index contributed by atoms with van der Waals surface area (Å²) in [4.78, 5) is 4.55. The molecule has 0 N–H and O–H groups in total. The molecule has 2 heterocycles. The Morgan fingerprint density at radius 1 is 1.24 bits per heavy atom. The van der Waals surface area contributed by atoms with Gasteiger partial charge in [0.25, 0.3) is 0 Å². The number of ether oxygens (including phenoxy) is 1. The van der Waals surface area contributed by atoms with Crippen molar-refractivity contribution in [1.82, 2.24) is 9.38 Å². The Morgan fingerprint density at radius 3 is 2.67 bits per heavy atom. The Kier molecular flexibility index (Phi) is 3.63. The highest BCUT2D eigenvalue weighted by Gasteiger charge is 2.13. The van der Waals surface area contributed by atoms with Crippen LogP contribution >= 0.6 is 15.9 Å². The number of fused-ring (bicyclic) bond motifs is 1. The normalized spacial score (nSPS) is 10.5. The molecule has 0 saturated carbocycles. The average Bonchev–Trinajstić information content (AvgIpc) is 2.86. The lowest BCUT2D eigenvalue weighted by atomic mass is 10.1. The standard InChI is InChI=1S/C16H12BrN3O/c1-2-21-13-6-3-11(4-7-13)16-14(9-18)20-10-12(17)5-8-15(20)19-16/h3-8,10H,2H2,1H3. The number of pyridine rings is 1. The summed E-state index contributed by atoms with van der Waals surface area (Å²) in [6.45, 7) is 2.58. The first-order valence-electron chi connectivity index (χ1n) is 6.54. The summed E-state index contributed by atoms with van der Waals surface area (Å²) in [5, 5.41) is 9.45. The summed E-state index contributed by atoms with van der Waals surface area (Å²) in [5.41, 5.74) is 2.85. The quantitative estimate of drug-likeness (QED) is 0.722. The summed E-state index contributed by atoms with van der Waals surface area (Å²) in [6.07, 6.45) is 1.85. The predicted octanol–water partition coefficient (Wildman–Crippen LogP) is 4.03. The van der Waals surface area contributed by atoms with Gasteiger partial charge < -0.3 is 4.74 Å². The molecule has 0 aliphatic carbocycles. The van der Waals surface area contributed by atoms with E-state index in [4.69, 9.17) is 4.74 Å². The topological polar surface area (TPSA) is 50.3 Å². The molecule has 0 aliphatic rings. The number of halogens is 1. The summed E-state index contributed by atoms with van der Waals surface area (Å²) in [7, 11) is 0. The number of aromatic nitrogens is 2. The third kappa shape index (κ3) is 2.50. The van der Waals surface area contributed by atoms with Crippen molar-refractivity contribution in [2.24, 2.45) is 0 Å². The van der Waals surface area contributed by atoms with Crippen molar-refractivity contribution in [3.05, 3.63) is 52.8 Å². The van der Waals surface area contributed by atoms with Crippen LogP contribution in [0, 0.1) is 11.3 Å². The number of nitrogens with zero attached hydrogens (tertiary/aromatic N) is 3. The fourth-order valence-electron chi connectivity index (χ4n) is 2.20. The molecule has 3 aromatic rings. The van der Waals surface area contributed by atoms with Gasteiger partial charge in [-0.3, -0.25) is 4.40 Å². The van der Waals surface area contributed by atoms with Gasteiger partial charge in [0.1, 0.15) is 23.2 Å². The molecule has 3 rings (SSSR count). The molecule has 4 nitrogen and oxygen atoms in total. The van der Waals surface area contributed by atoms with E-state index in [2.05, 4.69) is 27.0 Å². The van der Waals surface area contributed by atoms with Gasteiger partial charge >= 0.3 is 0 Å². The predicted molar refractivity (Wildman–Crippen MR) is 84.2 cm³/mol. The van der Waals surface area contributed by atoms with Crippen LogP contribution < -0.4 is 4.74 Å². The highest BCUT2D eigenvalue weighted by atomic mass is 79.9. The smallest absolute Gasteiger partial charge is 0.152 e. The van der Waals surface area contributed by atoms with Gasteiger partial charge in [-0.25, -0.2) is 4.98 Å². The van der Waals surface area contributed by atoms with Crippen molar-refractivity contribution in [2.75, 3.05) is 6.61 Å². The molecule has 0 fully saturated rings. The number of nitriles is 1. The first-order chi connectivity index (χ1) is 10.2. The maximum atomic E-state index is 9.45. The lowest BCUT2D eigenvalue weighted by Gasteiger charge is -2.03. The summed E-state index contributed by atoms with van der Waals surface area (Å²) >= 11 is 3.41. The zero-order valence-corrected chi connectivity index (χ0v) is 13.0. The van der Waals surface area contributed by atoms with Crippen molar-refractivity contribution in [2.45, 2.75) is 6.92 Å². The zero-order valence-electron chi connectivity index (χ0n) is 11.4. The second kappa shape index (κ2) is 5.58. The highest BCUT2D eigenvalue weighted by Crippen LogP contribution is 2.26. The molecule has 0 unspecified atom stereocenters. The van der Waals surface area contributed by atoms with Crippen LogP contribution in [0.15, 0.2) is 47.1 Å². The molecule has 0 aliphatic heterocycles. The van der Waals surface area contributed by atoms with E-state index >= 15 is 0 Å². The number of imidazole rings is 1. The summed E-state index contributed by atoms with van der Waals surface area (Å²) in [6, 6.07) is 13.6. The van der Waals surface area contributed by atoms with Crippen LogP contribution in [0.4, 0.5) is 0 Å². The van der Waals surface area contributed by atoms with Gasteiger partial charge in [0.15, 0.2) is 5.69 Å². The van der Waals surface area contributed by atoms with E-state index in [1.54, 1.807) is 4.40 Å². The minimum absolute atomic E-state index is 0.524. The second-order valence-corrected chi connectivity index (χ2v) is 5.37. The van der Waals surface area contributed by atoms with E-state index in [0.717, 1.165) is 21.4 Å². The van der Waals surface area contributed by atoms with Crippen LogP contribution in [-0.4, -0.2) is 16.0 Å². The van der Waals surface area contributed by atoms with Gasteiger partial charge in [0, 0.05) is 16.2 Å². The lowest BCUT2D eigenvalue weighted by molar-refractivity contribution is 0.340. The van der Waals surface area contributed by atoms with Crippen LogP contribution in [0.3, 0.4) is 0 Å². The van der Waals surface area contributed by atoms with Crippen LogP contribution in [0.25, 0.3) is 16.9 Å². The van der Waals surface area contributed by atoms with Crippen LogP contribution in [-0.2, 0) is 0 Å². The van der Waals surface area contributed by atoms with E-state index in [-0.39, 0.29) is 0 Å². The maximum absolute atomic E-state index is 9.45. The summed E-state index contributed by atoms with van der Waals surface area (Å²) < 4.78 is 8.12. The number of rotatable bonds is 3. The lowest BCUT2D eigenvalue weighted by Crippen LogP contribution is -1.91. The van der Waals surface area contributed by atoms with Crippen molar-refractivity contribution < 1.29 is 4.74 Å². The van der Waals surface area contributed by atoms with Gasteiger partial charge in [0.05, 0.1) is 6.61 Å². The molecule has 0 saturated heterocycles. The fourth-order valence-corrected chi connectivity index (χ4v) is 2.54. The van der Waals surface area contributed by atoms with Crippen LogP contribution in [0.2, 0.25) is 0 Å². The molecule has 0 bridgehead atoms. The number of hydrogen-bond donors (Lipinski definition) is 0. The molecule has 21 heavy (non-hydrogen) atoms. The molecule has 5 heteroatoms. The number of hydrogen-bond acceptors (Lipinski definition) is 3. The Balaban J connectivity index is 2.13. The van der Waals surface area contributed by atoms with Gasteiger partial charge in [-0.1, -0.05) is 0 Å². The largest absolute Gasteiger partial charge is 0.494 e. The Bertz CT molecular complexity index is 831. The first kappa shape index (κ1) is 13.7. The van der Waals surface area contributed by atoms with Crippen LogP contribution in [0.1, 0.15) is 12.6 Å². The minimum atomic E-state index is 0.524. The Labute approximate surface area is 130 Å². The minimum Gasteiger partial charge on any atom is -0.494 e. The third-order valence-corrected chi connectivity index (χ3v) is 3.60. The SMILES string of the molecule is CCOc1ccc(-c2nc3ccc(Br)cn3c2C#N)cc1.